The highest BCUT2D eigenvalue weighted by molar-refractivity contribution is 5.87. The molecule has 0 saturated heterocycles. The Morgan fingerprint density at radius 2 is 2.33 bits per heavy atom. The van der Waals surface area contributed by atoms with Crippen molar-refractivity contribution in [2.24, 2.45) is 0 Å². The SMILES string of the molecule is COC(=O)Cc1c[nH]c2cccc(F)c12. The predicted octanol–water partition coefficient (Wildman–Crippen LogP) is 2.02. The lowest BCUT2D eigenvalue weighted by molar-refractivity contribution is -0.139. The van der Waals surface area contributed by atoms with Crippen molar-refractivity contribution in [3.8, 4) is 0 Å². The van der Waals surface area contributed by atoms with E-state index in [9.17, 15) is 9.18 Å². The van der Waals surface area contributed by atoms with Crippen molar-refractivity contribution < 1.29 is 13.9 Å². The minimum absolute atomic E-state index is 0.0808. The summed E-state index contributed by atoms with van der Waals surface area (Å²) in [6.07, 6.45) is 1.71. The van der Waals surface area contributed by atoms with Crippen LogP contribution in [0.3, 0.4) is 0 Å². The number of carbonyl (C=O) groups excluding carboxylic acids is 1. The Kier molecular flexibility index (Phi) is 2.41. The zero-order valence-electron chi connectivity index (χ0n) is 8.21. The third-order valence-corrected chi connectivity index (χ3v) is 2.30. The minimum atomic E-state index is -0.376. The molecule has 0 atom stereocenters. The molecular weight excluding hydrogens is 197 g/mol. The second kappa shape index (κ2) is 3.73. The van der Waals surface area contributed by atoms with Crippen LogP contribution in [0.4, 0.5) is 4.39 Å². The summed E-state index contributed by atoms with van der Waals surface area (Å²) < 4.78 is 18.0. The number of esters is 1. The topological polar surface area (TPSA) is 42.1 Å². The largest absolute Gasteiger partial charge is 0.469 e. The van der Waals surface area contributed by atoms with Crippen LogP contribution in [0, 0.1) is 5.82 Å². The molecule has 0 spiro atoms. The number of nitrogens with one attached hydrogen (secondary N) is 1. The zero-order valence-corrected chi connectivity index (χ0v) is 8.21. The normalized spacial score (nSPS) is 10.5. The Labute approximate surface area is 85.9 Å². The molecule has 3 nitrogen and oxygen atoms in total. The highest BCUT2D eigenvalue weighted by Crippen LogP contribution is 2.21. The number of halogens is 1. The fraction of sp³-hybridized carbons (Fsp3) is 0.182. The van der Waals surface area contributed by atoms with Crippen molar-refractivity contribution in [1.82, 2.24) is 4.98 Å². The van der Waals surface area contributed by atoms with E-state index in [4.69, 9.17) is 0 Å². The van der Waals surface area contributed by atoms with Gasteiger partial charge in [0, 0.05) is 17.1 Å². The van der Waals surface area contributed by atoms with E-state index in [1.807, 2.05) is 0 Å². The molecule has 0 unspecified atom stereocenters. The Balaban J connectivity index is 2.48. The molecule has 1 heterocycles. The molecule has 0 fully saturated rings. The number of fused-ring (bicyclic) bond motifs is 1. The third kappa shape index (κ3) is 1.70. The molecule has 4 heteroatoms. The van der Waals surface area contributed by atoms with Crippen LogP contribution in [0.1, 0.15) is 5.56 Å². The van der Waals surface area contributed by atoms with E-state index in [2.05, 4.69) is 9.72 Å². The number of ether oxygens (including phenoxy) is 1. The van der Waals surface area contributed by atoms with E-state index < -0.39 is 0 Å². The molecule has 1 N–H and O–H groups in total. The van der Waals surface area contributed by atoms with Gasteiger partial charge in [0.2, 0.25) is 0 Å². The summed E-state index contributed by atoms with van der Waals surface area (Å²) in [5, 5.41) is 0.461. The van der Waals surface area contributed by atoms with Crippen LogP contribution in [0.5, 0.6) is 0 Å². The molecule has 1 aromatic carbocycles. The summed E-state index contributed by atoms with van der Waals surface area (Å²) in [5.74, 6) is -0.702. The molecule has 0 aliphatic carbocycles. The van der Waals surface area contributed by atoms with Gasteiger partial charge in [-0.05, 0) is 17.7 Å². The zero-order chi connectivity index (χ0) is 10.8. The van der Waals surface area contributed by atoms with Gasteiger partial charge in [0.15, 0.2) is 0 Å². The predicted molar refractivity (Wildman–Crippen MR) is 54.0 cm³/mol. The van der Waals surface area contributed by atoms with Crippen molar-refractivity contribution in [3.63, 3.8) is 0 Å². The van der Waals surface area contributed by atoms with Crippen molar-refractivity contribution in [1.29, 1.82) is 0 Å². The van der Waals surface area contributed by atoms with Gasteiger partial charge in [-0.25, -0.2) is 4.39 Å². The summed E-state index contributed by atoms with van der Waals surface area (Å²) in [6, 6.07) is 4.76. The Hall–Kier alpha value is -1.84. The van der Waals surface area contributed by atoms with Gasteiger partial charge in [-0.3, -0.25) is 4.79 Å². The first-order chi connectivity index (χ1) is 7.22. The molecule has 15 heavy (non-hydrogen) atoms. The number of rotatable bonds is 2. The summed E-state index contributed by atoms with van der Waals surface area (Å²) in [6.45, 7) is 0. The molecular formula is C11H10FNO2. The van der Waals surface area contributed by atoms with Crippen LogP contribution in [0.2, 0.25) is 0 Å². The van der Waals surface area contributed by atoms with E-state index in [0.717, 1.165) is 0 Å². The lowest BCUT2D eigenvalue weighted by Crippen LogP contribution is -2.04. The van der Waals surface area contributed by atoms with Crippen molar-refractivity contribution in [2.45, 2.75) is 6.42 Å². The second-order valence-electron chi connectivity index (χ2n) is 3.23. The average Bonchev–Trinajstić information content (AvgIpc) is 2.63. The lowest BCUT2D eigenvalue weighted by Gasteiger charge is -1.98. The Morgan fingerprint density at radius 3 is 3.07 bits per heavy atom. The van der Waals surface area contributed by atoms with Gasteiger partial charge in [0.1, 0.15) is 5.82 Å². The van der Waals surface area contributed by atoms with Crippen LogP contribution in [-0.2, 0) is 16.0 Å². The smallest absolute Gasteiger partial charge is 0.310 e. The van der Waals surface area contributed by atoms with Crippen LogP contribution in [0.15, 0.2) is 24.4 Å². The lowest BCUT2D eigenvalue weighted by atomic mass is 10.1. The summed E-state index contributed by atoms with van der Waals surface area (Å²) in [5.41, 5.74) is 1.31. The fourth-order valence-corrected chi connectivity index (χ4v) is 1.57. The number of benzene rings is 1. The first-order valence-corrected chi connectivity index (χ1v) is 4.53. The number of aromatic nitrogens is 1. The number of methoxy groups -OCH3 is 1. The Morgan fingerprint density at radius 1 is 1.53 bits per heavy atom. The summed E-state index contributed by atoms with van der Waals surface area (Å²) in [7, 11) is 1.31. The number of H-pyrrole nitrogens is 1. The number of aromatic amines is 1. The highest BCUT2D eigenvalue weighted by Gasteiger charge is 2.11. The van der Waals surface area contributed by atoms with E-state index in [0.29, 0.717) is 16.5 Å². The van der Waals surface area contributed by atoms with Crippen LogP contribution in [-0.4, -0.2) is 18.1 Å². The van der Waals surface area contributed by atoms with Crippen LogP contribution in [0.25, 0.3) is 10.9 Å². The van der Waals surface area contributed by atoms with E-state index in [1.165, 1.54) is 13.2 Å². The number of carbonyl (C=O) groups is 1. The summed E-state index contributed by atoms with van der Waals surface area (Å²) in [4.78, 5) is 14.0. The van der Waals surface area contributed by atoms with Crippen molar-refractivity contribution in [3.05, 3.63) is 35.8 Å². The maximum Gasteiger partial charge on any atom is 0.310 e. The maximum absolute atomic E-state index is 13.5. The van der Waals surface area contributed by atoms with Crippen LogP contribution >= 0.6 is 0 Å². The van der Waals surface area contributed by atoms with E-state index in [1.54, 1.807) is 18.3 Å². The molecule has 0 saturated carbocycles. The molecule has 0 aliphatic rings. The van der Waals surface area contributed by atoms with Gasteiger partial charge in [-0.1, -0.05) is 6.07 Å². The quantitative estimate of drug-likeness (QED) is 0.765. The van der Waals surface area contributed by atoms with Gasteiger partial charge in [0.25, 0.3) is 0 Å². The molecule has 1 aromatic heterocycles. The first-order valence-electron chi connectivity index (χ1n) is 4.53. The van der Waals surface area contributed by atoms with Gasteiger partial charge in [-0.2, -0.15) is 0 Å². The molecule has 0 radical (unpaired) electrons. The van der Waals surface area contributed by atoms with Crippen molar-refractivity contribution >= 4 is 16.9 Å². The molecule has 0 amide bonds. The van der Waals surface area contributed by atoms with E-state index in [-0.39, 0.29) is 18.2 Å². The van der Waals surface area contributed by atoms with Gasteiger partial charge < -0.3 is 9.72 Å². The molecule has 2 aromatic rings. The minimum Gasteiger partial charge on any atom is -0.469 e. The number of hydrogen-bond donors (Lipinski definition) is 1. The maximum atomic E-state index is 13.5. The number of hydrogen-bond acceptors (Lipinski definition) is 2. The molecule has 0 aliphatic heterocycles. The average molecular weight is 207 g/mol. The highest BCUT2D eigenvalue weighted by atomic mass is 19.1. The first kappa shape index (κ1) is 9.71. The monoisotopic (exact) mass is 207 g/mol. The molecule has 78 valence electrons. The van der Waals surface area contributed by atoms with E-state index >= 15 is 0 Å². The standard InChI is InChI=1S/C11H10FNO2/c1-15-10(14)5-7-6-13-9-4-2-3-8(12)11(7)9/h2-4,6,13H,5H2,1H3. The van der Waals surface area contributed by atoms with Gasteiger partial charge in [0.05, 0.1) is 13.5 Å². The molecule has 0 bridgehead atoms. The Bertz CT molecular complexity index is 504. The van der Waals surface area contributed by atoms with Gasteiger partial charge >= 0.3 is 5.97 Å². The molecule has 2 rings (SSSR count). The van der Waals surface area contributed by atoms with Crippen LogP contribution < -0.4 is 0 Å². The second-order valence-corrected chi connectivity index (χ2v) is 3.23. The van der Waals surface area contributed by atoms with Gasteiger partial charge in [-0.15, -0.1) is 0 Å². The fourth-order valence-electron chi connectivity index (χ4n) is 1.57. The summed E-state index contributed by atoms with van der Waals surface area (Å²) >= 11 is 0. The third-order valence-electron chi connectivity index (χ3n) is 2.30. The van der Waals surface area contributed by atoms with Crippen molar-refractivity contribution in [2.75, 3.05) is 7.11 Å².